The van der Waals surface area contributed by atoms with E-state index < -0.39 is 5.97 Å². The van der Waals surface area contributed by atoms with E-state index in [2.05, 4.69) is 28.5 Å². The van der Waals surface area contributed by atoms with Crippen LogP contribution in [0.4, 0.5) is 0 Å². The molecule has 1 aliphatic carbocycles. The van der Waals surface area contributed by atoms with Gasteiger partial charge in [0.25, 0.3) is 0 Å². The van der Waals surface area contributed by atoms with Crippen LogP contribution in [-0.4, -0.2) is 43.4 Å². The number of benzene rings is 1. The summed E-state index contributed by atoms with van der Waals surface area (Å²) >= 11 is 0. The quantitative estimate of drug-likeness (QED) is 0.915. The molecule has 2 aromatic rings. The second-order valence-corrected chi connectivity index (χ2v) is 6.29. The van der Waals surface area contributed by atoms with Gasteiger partial charge in [0.2, 0.25) is 5.91 Å². The lowest BCUT2D eigenvalue weighted by atomic mass is 9.87. The molecule has 1 aromatic carbocycles. The summed E-state index contributed by atoms with van der Waals surface area (Å²) in [4.78, 5) is 25.2. The normalized spacial score (nSPS) is 17.8. The molecule has 2 heterocycles. The van der Waals surface area contributed by atoms with Crippen molar-refractivity contribution in [2.75, 3.05) is 6.54 Å². The highest BCUT2D eigenvalue weighted by Gasteiger charge is 2.49. The minimum atomic E-state index is -1.15. The zero-order chi connectivity index (χ0) is 16.0. The minimum absolute atomic E-state index is 0.0124. The van der Waals surface area contributed by atoms with Crippen LogP contribution in [0.1, 0.15) is 34.5 Å². The molecule has 7 heteroatoms. The smallest absolute Gasteiger partial charge is 0.358 e. The van der Waals surface area contributed by atoms with E-state index in [4.69, 9.17) is 5.11 Å². The summed E-state index contributed by atoms with van der Waals surface area (Å²) in [6.45, 7) is 1.33. The predicted octanol–water partition coefficient (Wildman–Crippen LogP) is 1.05. The summed E-state index contributed by atoms with van der Waals surface area (Å²) in [5.74, 6) is -1.21. The third-order valence-corrected chi connectivity index (χ3v) is 4.70. The predicted molar refractivity (Wildman–Crippen MR) is 79.8 cm³/mol. The Morgan fingerprint density at radius 1 is 1.26 bits per heavy atom. The van der Waals surface area contributed by atoms with Gasteiger partial charge in [-0.3, -0.25) is 4.79 Å². The van der Waals surface area contributed by atoms with Gasteiger partial charge in [-0.1, -0.05) is 29.5 Å². The van der Waals surface area contributed by atoms with Crippen LogP contribution in [0.3, 0.4) is 0 Å². The molecule has 1 saturated carbocycles. The molecule has 0 unspecified atom stereocenters. The molecular formula is C16H16N4O3. The van der Waals surface area contributed by atoms with E-state index in [1.807, 2.05) is 11.0 Å². The lowest BCUT2D eigenvalue weighted by Crippen LogP contribution is -2.43. The Labute approximate surface area is 132 Å². The molecule has 1 amide bonds. The van der Waals surface area contributed by atoms with Gasteiger partial charge in [-0.05, 0) is 24.0 Å². The van der Waals surface area contributed by atoms with Crippen molar-refractivity contribution < 1.29 is 14.7 Å². The first kappa shape index (κ1) is 13.9. The van der Waals surface area contributed by atoms with E-state index in [1.54, 1.807) is 0 Å². The maximum atomic E-state index is 12.6. The number of carbonyl (C=O) groups is 2. The van der Waals surface area contributed by atoms with Gasteiger partial charge in [-0.25, -0.2) is 9.48 Å². The Hall–Kier alpha value is -2.70. The Bertz CT molecular complexity index is 794. The van der Waals surface area contributed by atoms with Gasteiger partial charge in [-0.2, -0.15) is 0 Å². The van der Waals surface area contributed by atoms with Crippen LogP contribution in [0.15, 0.2) is 30.5 Å². The molecule has 0 radical (unpaired) electrons. The number of aromatic carboxylic acids is 1. The van der Waals surface area contributed by atoms with E-state index in [1.165, 1.54) is 22.0 Å². The summed E-state index contributed by atoms with van der Waals surface area (Å²) in [6.07, 6.45) is 3.51. The number of aromatic nitrogens is 3. The van der Waals surface area contributed by atoms with Crippen molar-refractivity contribution in [2.45, 2.75) is 31.3 Å². The van der Waals surface area contributed by atoms with Gasteiger partial charge in [0, 0.05) is 18.5 Å². The summed E-state index contributed by atoms with van der Waals surface area (Å²) in [7, 11) is 0. The fraction of sp³-hybridized carbons (Fsp3) is 0.375. The van der Waals surface area contributed by atoms with Crippen molar-refractivity contribution in [2.24, 2.45) is 0 Å². The van der Waals surface area contributed by atoms with Crippen molar-refractivity contribution in [1.82, 2.24) is 19.9 Å². The van der Waals surface area contributed by atoms with E-state index in [0.29, 0.717) is 6.54 Å². The zero-order valence-corrected chi connectivity index (χ0v) is 12.5. The monoisotopic (exact) mass is 312 g/mol. The summed E-state index contributed by atoms with van der Waals surface area (Å²) < 4.78 is 1.28. The number of rotatable bonds is 3. The molecule has 1 aliphatic heterocycles. The standard InChI is InChI=1S/C16H16N4O3/c21-14(9-20-8-13(15(22)23)17-18-20)19-7-11-3-1-2-4-12(11)16(10-19)5-6-16/h1-4,8H,5-7,9-10H2,(H,22,23). The second kappa shape index (κ2) is 4.91. The molecule has 1 spiro atoms. The van der Waals surface area contributed by atoms with Crippen molar-refractivity contribution in [3.05, 3.63) is 47.3 Å². The summed E-state index contributed by atoms with van der Waals surface area (Å²) in [6, 6.07) is 8.30. The maximum Gasteiger partial charge on any atom is 0.358 e. The average Bonchev–Trinajstić information content (AvgIpc) is 3.14. The molecule has 2 aliphatic rings. The van der Waals surface area contributed by atoms with Crippen LogP contribution >= 0.6 is 0 Å². The van der Waals surface area contributed by atoms with Gasteiger partial charge in [-0.15, -0.1) is 5.10 Å². The molecule has 118 valence electrons. The second-order valence-electron chi connectivity index (χ2n) is 6.29. The first-order valence-electron chi connectivity index (χ1n) is 7.57. The Balaban J connectivity index is 1.52. The number of fused-ring (bicyclic) bond motifs is 2. The number of carboxylic acids is 1. The lowest BCUT2D eigenvalue weighted by Gasteiger charge is -2.35. The van der Waals surface area contributed by atoms with Crippen LogP contribution in [0.2, 0.25) is 0 Å². The highest BCUT2D eigenvalue weighted by Crippen LogP contribution is 2.52. The largest absolute Gasteiger partial charge is 0.476 e. The molecule has 1 aromatic heterocycles. The topological polar surface area (TPSA) is 88.3 Å². The number of carbonyl (C=O) groups excluding carboxylic acids is 1. The average molecular weight is 312 g/mol. The van der Waals surface area contributed by atoms with E-state index >= 15 is 0 Å². The molecule has 0 atom stereocenters. The number of carboxylic acid groups (broad SMARTS) is 1. The molecule has 23 heavy (non-hydrogen) atoms. The molecule has 4 rings (SSSR count). The third-order valence-electron chi connectivity index (χ3n) is 4.70. The zero-order valence-electron chi connectivity index (χ0n) is 12.5. The van der Waals surface area contributed by atoms with E-state index in [0.717, 1.165) is 19.4 Å². The highest BCUT2D eigenvalue weighted by molar-refractivity contribution is 5.84. The van der Waals surface area contributed by atoms with Crippen LogP contribution in [0.5, 0.6) is 0 Å². The van der Waals surface area contributed by atoms with Gasteiger partial charge in [0.1, 0.15) is 6.54 Å². The molecule has 7 nitrogen and oxygen atoms in total. The fourth-order valence-electron chi connectivity index (χ4n) is 3.35. The summed E-state index contributed by atoms with van der Waals surface area (Å²) in [5.41, 5.74) is 2.55. The van der Waals surface area contributed by atoms with Crippen molar-refractivity contribution >= 4 is 11.9 Å². The maximum absolute atomic E-state index is 12.6. The molecule has 0 bridgehead atoms. The number of hydrogen-bond donors (Lipinski definition) is 1. The fourth-order valence-corrected chi connectivity index (χ4v) is 3.35. The van der Waals surface area contributed by atoms with Gasteiger partial charge < -0.3 is 10.0 Å². The lowest BCUT2D eigenvalue weighted by molar-refractivity contribution is -0.133. The van der Waals surface area contributed by atoms with Gasteiger partial charge in [0.15, 0.2) is 5.69 Å². The van der Waals surface area contributed by atoms with Gasteiger partial charge in [0.05, 0.1) is 6.20 Å². The molecule has 0 saturated heterocycles. The molecule has 1 N–H and O–H groups in total. The number of hydrogen-bond acceptors (Lipinski definition) is 4. The van der Waals surface area contributed by atoms with Crippen molar-refractivity contribution in [3.8, 4) is 0 Å². The summed E-state index contributed by atoms with van der Waals surface area (Å²) in [5, 5.41) is 16.1. The Kier molecular flexibility index (Phi) is 2.97. The van der Waals surface area contributed by atoms with Crippen LogP contribution in [0.25, 0.3) is 0 Å². The van der Waals surface area contributed by atoms with E-state index in [-0.39, 0.29) is 23.6 Å². The Morgan fingerprint density at radius 2 is 2.04 bits per heavy atom. The minimum Gasteiger partial charge on any atom is -0.476 e. The molecule has 1 fully saturated rings. The SMILES string of the molecule is O=C(O)c1cn(CC(=O)N2Cc3ccccc3C3(CC3)C2)nn1. The first-order valence-corrected chi connectivity index (χ1v) is 7.57. The highest BCUT2D eigenvalue weighted by atomic mass is 16.4. The van der Waals surface area contributed by atoms with Crippen LogP contribution < -0.4 is 0 Å². The first-order chi connectivity index (χ1) is 11.1. The van der Waals surface area contributed by atoms with Crippen LogP contribution in [0, 0.1) is 0 Å². The van der Waals surface area contributed by atoms with E-state index in [9.17, 15) is 9.59 Å². The van der Waals surface area contributed by atoms with Gasteiger partial charge >= 0.3 is 5.97 Å². The third kappa shape index (κ3) is 2.38. The number of nitrogens with zero attached hydrogens (tertiary/aromatic N) is 4. The van der Waals surface area contributed by atoms with Crippen LogP contribution in [-0.2, 0) is 23.3 Å². The van der Waals surface area contributed by atoms with Crippen molar-refractivity contribution in [1.29, 1.82) is 0 Å². The van der Waals surface area contributed by atoms with Crippen molar-refractivity contribution in [3.63, 3.8) is 0 Å². The number of amides is 1. The Morgan fingerprint density at radius 3 is 2.74 bits per heavy atom. The molecular weight excluding hydrogens is 296 g/mol.